The predicted molar refractivity (Wildman–Crippen MR) is 138 cm³/mol. The van der Waals surface area contributed by atoms with E-state index in [2.05, 4.69) is 17.2 Å². The first-order chi connectivity index (χ1) is 17.9. The summed E-state index contributed by atoms with van der Waals surface area (Å²) in [4.78, 5) is 28.7. The first-order valence-corrected chi connectivity index (χ1v) is 12.9. The molecule has 3 aromatic carbocycles. The van der Waals surface area contributed by atoms with Crippen LogP contribution in [0.4, 0.5) is 10.1 Å². The Hall–Kier alpha value is -4.00. The summed E-state index contributed by atoms with van der Waals surface area (Å²) >= 11 is 0. The van der Waals surface area contributed by atoms with Crippen LogP contribution in [0.15, 0.2) is 79.0 Å². The van der Waals surface area contributed by atoms with Gasteiger partial charge in [0.1, 0.15) is 5.82 Å². The molecule has 4 aromatic rings. The first-order valence-electron chi connectivity index (χ1n) is 12.9. The largest absolute Gasteiger partial charge is 0.369 e. The van der Waals surface area contributed by atoms with Crippen molar-refractivity contribution in [1.82, 2.24) is 9.78 Å². The van der Waals surface area contributed by atoms with Crippen LogP contribution in [0, 0.1) is 23.1 Å². The number of amides is 2. The van der Waals surface area contributed by atoms with Crippen molar-refractivity contribution in [2.75, 3.05) is 4.90 Å². The molecule has 186 valence electrons. The van der Waals surface area contributed by atoms with Crippen LogP contribution in [0.25, 0.3) is 16.6 Å². The molecule has 0 bridgehead atoms. The SMILES string of the molecule is NC(=O)C1([C@@H]2CC(=O)N(c3ccc4c(cnn4-c4ccc(F)cc4)c3)[C@]2(c2ccccc2)C2CC2)CC1. The van der Waals surface area contributed by atoms with Crippen LogP contribution in [0.1, 0.15) is 37.7 Å². The number of fused-ring (bicyclic) bond motifs is 1. The molecule has 3 aliphatic rings. The monoisotopic (exact) mass is 494 g/mol. The first kappa shape index (κ1) is 22.2. The van der Waals surface area contributed by atoms with E-state index in [1.807, 2.05) is 41.3 Å². The molecule has 2 N–H and O–H groups in total. The maximum absolute atomic E-state index is 13.9. The second-order valence-electron chi connectivity index (χ2n) is 10.7. The van der Waals surface area contributed by atoms with Gasteiger partial charge in [0.15, 0.2) is 0 Å². The number of primary amides is 1. The molecule has 0 unspecified atom stereocenters. The molecule has 1 saturated heterocycles. The van der Waals surface area contributed by atoms with Crippen molar-refractivity contribution in [3.05, 3.63) is 90.4 Å². The van der Waals surface area contributed by atoms with Gasteiger partial charge in [-0.3, -0.25) is 9.59 Å². The number of rotatable bonds is 6. The summed E-state index contributed by atoms with van der Waals surface area (Å²) in [7, 11) is 0. The molecule has 2 saturated carbocycles. The van der Waals surface area contributed by atoms with E-state index in [1.165, 1.54) is 12.1 Å². The van der Waals surface area contributed by atoms with Crippen molar-refractivity contribution in [3.8, 4) is 5.69 Å². The van der Waals surface area contributed by atoms with Crippen LogP contribution >= 0.6 is 0 Å². The second-order valence-corrected chi connectivity index (χ2v) is 10.7. The van der Waals surface area contributed by atoms with Crippen LogP contribution in [-0.2, 0) is 15.1 Å². The Balaban J connectivity index is 1.39. The zero-order valence-corrected chi connectivity index (χ0v) is 20.3. The lowest BCUT2D eigenvalue weighted by Gasteiger charge is -2.45. The molecule has 0 spiro atoms. The normalized spacial score (nSPS) is 24.5. The molecule has 0 radical (unpaired) electrons. The highest BCUT2D eigenvalue weighted by Gasteiger charge is 2.71. The number of carbonyl (C=O) groups is 2. The van der Waals surface area contributed by atoms with Crippen LogP contribution < -0.4 is 10.6 Å². The van der Waals surface area contributed by atoms with Crippen molar-refractivity contribution < 1.29 is 14.0 Å². The number of halogens is 1. The van der Waals surface area contributed by atoms with Gasteiger partial charge in [-0.1, -0.05) is 30.3 Å². The number of benzene rings is 3. The van der Waals surface area contributed by atoms with Crippen molar-refractivity contribution in [1.29, 1.82) is 0 Å². The van der Waals surface area contributed by atoms with Gasteiger partial charge in [-0.05, 0) is 79.6 Å². The summed E-state index contributed by atoms with van der Waals surface area (Å²) in [6.45, 7) is 0. The number of carbonyl (C=O) groups excluding carboxylic acids is 2. The van der Waals surface area contributed by atoms with Crippen molar-refractivity contribution in [2.24, 2.45) is 23.0 Å². The van der Waals surface area contributed by atoms with Gasteiger partial charge in [0.25, 0.3) is 0 Å². The average Bonchev–Trinajstić information content (AvgIpc) is 3.84. The second kappa shape index (κ2) is 7.75. The van der Waals surface area contributed by atoms with Gasteiger partial charge in [0.05, 0.1) is 28.4 Å². The number of nitrogens with two attached hydrogens (primary N) is 1. The molecule has 37 heavy (non-hydrogen) atoms. The van der Waals surface area contributed by atoms with E-state index in [0.717, 1.165) is 53.5 Å². The fourth-order valence-corrected chi connectivity index (χ4v) is 6.87. The fraction of sp³-hybridized carbons (Fsp3) is 0.300. The van der Waals surface area contributed by atoms with E-state index in [4.69, 9.17) is 5.73 Å². The highest BCUT2D eigenvalue weighted by Crippen LogP contribution is 2.68. The molecule has 2 heterocycles. The molecule has 1 aliphatic heterocycles. The molecule has 2 amide bonds. The maximum atomic E-state index is 13.9. The van der Waals surface area contributed by atoms with Crippen LogP contribution in [0.5, 0.6) is 0 Å². The number of hydrogen-bond acceptors (Lipinski definition) is 3. The smallest absolute Gasteiger partial charge is 0.228 e. The lowest BCUT2D eigenvalue weighted by atomic mass is 9.67. The van der Waals surface area contributed by atoms with Crippen molar-refractivity contribution >= 4 is 28.4 Å². The Morgan fingerprint density at radius 1 is 0.973 bits per heavy atom. The van der Waals surface area contributed by atoms with E-state index in [1.54, 1.807) is 23.0 Å². The number of nitrogens with zero attached hydrogens (tertiary/aromatic N) is 3. The van der Waals surface area contributed by atoms with Crippen LogP contribution in [0.3, 0.4) is 0 Å². The third kappa shape index (κ3) is 3.12. The van der Waals surface area contributed by atoms with E-state index in [9.17, 15) is 14.0 Å². The zero-order valence-electron chi connectivity index (χ0n) is 20.3. The summed E-state index contributed by atoms with van der Waals surface area (Å²) < 4.78 is 15.2. The number of hydrogen-bond donors (Lipinski definition) is 1. The van der Waals surface area contributed by atoms with E-state index in [-0.39, 0.29) is 29.5 Å². The molecule has 7 rings (SSSR count). The van der Waals surface area contributed by atoms with Gasteiger partial charge < -0.3 is 10.6 Å². The molecule has 2 atom stereocenters. The summed E-state index contributed by atoms with van der Waals surface area (Å²) in [6.07, 6.45) is 5.57. The average molecular weight is 495 g/mol. The van der Waals surface area contributed by atoms with Crippen LogP contribution in [-0.4, -0.2) is 21.6 Å². The third-order valence-corrected chi connectivity index (χ3v) is 8.79. The highest BCUT2D eigenvalue weighted by atomic mass is 19.1. The van der Waals surface area contributed by atoms with Crippen molar-refractivity contribution in [2.45, 2.75) is 37.6 Å². The third-order valence-electron chi connectivity index (χ3n) is 8.79. The van der Waals surface area contributed by atoms with Gasteiger partial charge in [0.2, 0.25) is 11.8 Å². The van der Waals surface area contributed by atoms with Crippen molar-refractivity contribution in [3.63, 3.8) is 0 Å². The lowest BCUT2D eigenvalue weighted by molar-refractivity contribution is -0.126. The van der Waals surface area contributed by atoms with Gasteiger partial charge in [0, 0.05) is 23.4 Å². The minimum atomic E-state index is -0.638. The predicted octanol–water partition coefficient (Wildman–Crippen LogP) is 5.09. The molecule has 6 nitrogen and oxygen atoms in total. The Labute approximate surface area is 213 Å². The molecular formula is C30H27FN4O2. The van der Waals surface area contributed by atoms with Gasteiger partial charge in [-0.25, -0.2) is 9.07 Å². The van der Waals surface area contributed by atoms with Gasteiger partial charge in [-0.2, -0.15) is 5.10 Å². The summed E-state index contributed by atoms with van der Waals surface area (Å²) in [6, 6.07) is 22.3. The molecule has 1 aromatic heterocycles. The number of anilines is 1. The molecule has 7 heteroatoms. The van der Waals surface area contributed by atoms with Gasteiger partial charge >= 0.3 is 0 Å². The molecule has 2 aliphatic carbocycles. The standard InChI is InChI=1S/C30H27FN4O2/c31-22-8-10-23(11-9-22)35-25-13-12-24(16-19(25)18-33-35)34-27(36)17-26(29(14-15-29)28(32)37)30(34,21-6-7-21)20-4-2-1-3-5-20/h1-5,8-13,16,18,21,26H,6-7,14-15,17H2,(H2,32,37)/t26-,30+/m0/s1. The molecule has 3 fully saturated rings. The Kier molecular flexibility index (Phi) is 4.65. The summed E-state index contributed by atoms with van der Waals surface area (Å²) in [5.41, 5.74) is 8.24. The van der Waals surface area contributed by atoms with Gasteiger partial charge in [-0.15, -0.1) is 0 Å². The fourth-order valence-electron chi connectivity index (χ4n) is 6.87. The number of aromatic nitrogens is 2. The Morgan fingerprint density at radius 2 is 1.68 bits per heavy atom. The zero-order chi connectivity index (χ0) is 25.4. The lowest BCUT2D eigenvalue weighted by Crippen LogP contribution is -2.52. The minimum Gasteiger partial charge on any atom is -0.369 e. The van der Waals surface area contributed by atoms with E-state index < -0.39 is 11.0 Å². The van der Waals surface area contributed by atoms with E-state index >= 15 is 0 Å². The maximum Gasteiger partial charge on any atom is 0.228 e. The Morgan fingerprint density at radius 3 is 2.32 bits per heavy atom. The topological polar surface area (TPSA) is 81.2 Å². The summed E-state index contributed by atoms with van der Waals surface area (Å²) in [5, 5.41) is 5.42. The minimum absolute atomic E-state index is 0.0264. The quantitative estimate of drug-likeness (QED) is 0.406. The molecular weight excluding hydrogens is 467 g/mol. The highest BCUT2D eigenvalue weighted by molar-refractivity contribution is 6.01. The van der Waals surface area contributed by atoms with E-state index in [0.29, 0.717) is 6.42 Å². The van der Waals surface area contributed by atoms with Crippen LogP contribution in [0.2, 0.25) is 0 Å². The Bertz CT molecular complexity index is 1540. The summed E-state index contributed by atoms with van der Waals surface area (Å²) in [5.74, 6) is -0.465.